The maximum atomic E-state index is 12.9. The topological polar surface area (TPSA) is 75.7 Å². The van der Waals surface area contributed by atoms with Crippen LogP contribution < -0.4 is 5.32 Å². The van der Waals surface area contributed by atoms with E-state index in [1.165, 1.54) is 4.90 Å². The third-order valence-electron chi connectivity index (χ3n) is 5.54. The Morgan fingerprint density at radius 3 is 2.22 bits per heavy atom. The Morgan fingerprint density at radius 2 is 1.53 bits per heavy atom. The maximum absolute atomic E-state index is 12.9. The van der Waals surface area contributed by atoms with Gasteiger partial charge >= 0.3 is 0 Å². The molecule has 0 aromatic heterocycles. The van der Waals surface area contributed by atoms with Gasteiger partial charge in [0.25, 0.3) is 11.8 Å². The Kier molecular flexibility index (Phi) is 6.92. The fourth-order valence-electron chi connectivity index (χ4n) is 3.94. The van der Waals surface area contributed by atoms with Gasteiger partial charge in [0.2, 0.25) is 5.91 Å². The number of amides is 3. The standard InChI is InChI=1S/C26H26N2O4/c29-23(27-15-7-17-32-18-19-8-2-1-3-9-19)14-6-16-28-25(30)21-12-4-10-20-11-5-13-22(24(20)21)26(28)31/h1-5,8-13H,6-7,14-18H2,(H,27,29). The molecule has 1 heterocycles. The first kappa shape index (κ1) is 21.7. The van der Waals surface area contributed by atoms with Crippen molar-refractivity contribution in [3.8, 4) is 0 Å². The highest BCUT2D eigenvalue weighted by atomic mass is 16.5. The molecule has 3 aromatic carbocycles. The molecule has 1 aliphatic rings. The number of imide groups is 1. The van der Waals surface area contributed by atoms with Gasteiger partial charge in [0.1, 0.15) is 0 Å². The minimum atomic E-state index is -0.296. The lowest BCUT2D eigenvalue weighted by Crippen LogP contribution is -2.41. The highest BCUT2D eigenvalue weighted by molar-refractivity contribution is 6.25. The summed E-state index contributed by atoms with van der Waals surface area (Å²) < 4.78 is 5.61. The molecule has 1 N–H and O–H groups in total. The summed E-state index contributed by atoms with van der Waals surface area (Å²) in [6.45, 7) is 1.88. The predicted octanol–water partition coefficient (Wildman–Crippen LogP) is 3.94. The molecular formula is C26H26N2O4. The Labute approximate surface area is 187 Å². The highest BCUT2D eigenvalue weighted by Crippen LogP contribution is 2.30. The third-order valence-corrected chi connectivity index (χ3v) is 5.54. The number of nitrogens with one attached hydrogen (secondary N) is 1. The van der Waals surface area contributed by atoms with E-state index < -0.39 is 0 Å². The second-order valence-electron chi connectivity index (χ2n) is 7.82. The molecule has 6 heteroatoms. The predicted molar refractivity (Wildman–Crippen MR) is 122 cm³/mol. The van der Waals surface area contributed by atoms with Crippen molar-refractivity contribution < 1.29 is 19.1 Å². The fourth-order valence-corrected chi connectivity index (χ4v) is 3.94. The third kappa shape index (κ3) is 4.86. The van der Waals surface area contributed by atoms with E-state index in [1.54, 1.807) is 12.1 Å². The lowest BCUT2D eigenvalue weighted by Gasteiger charge is -2.27. The van der Waals surface area contributed by atoms with E-state index in [0.29, 0.717) is 42.7 Å². The van der Waals surface area contributed by atoms with Crippen molar-refractivity contribution in [3.05, 3.63) is 83.4 Å². The summed E-state index contributed by atoms with van der Waals surface area (Å²) in [5, 5.41) is 4.46. The number of nitrogens with zero attached hydrogens (tertiary/aromatic N) is 1. The average molecular weight is 431 g/mol. The van der Waals surface area contributed by atoms with Crippen LogP contribution in [-0.2, 0) is 16.1 Å². The summed E-state index contributed by atoms with van der Waals surface area (Å²) in [7, 11) is 0. The summed E-state index contributed by atoms with van der Waals surface area (Å²) in [5.41, 5.74) is 2.20. The Bertz CT molecular complexity index is 1080. The zero-order chi connectivity index (χ0) is 22.3. The first-order valence-electron chi connectivity index (χ1n) is 10.9. The highest BCUT2D eigenvalue weighted by Gasteiger charge is 2.32. The van der Waals surface area contributed by atoms with Crippen LogP contribution in [0.15, 0.2) is 66.7 Å². The van der Waals surface area contributed by atoms with Crippen LogP contribution in [0.2, 0.25) is 0 Å². The first-order chi connectivity index (χ1) is 15.6. The molecule has 4 rings (SSSR count). The largest absolute Gasteiger partial charge is 0.377 e. The Morgan fingerprint density at radius 1 is 0.844 bits per heavy atom. The van der Waals surface area contributed by atoms with Gasteiger partial charge in [-0.2, -0.15) is 0 Å². The molecule has 0 aliphatic carbocycles. The second kappa shape index (κ2) is 10.2. The summed E-state index contributed by atoms with van der Waals surface area (Å²) in [5.74, 6) is -0.682. The van der Waals surface area contributed by atoms with E-state index in [2.05, 4.69) is 5.32 Å². The van der Waals surface area contributed by atoms with Crippen molar-refractivity contribution in [1.29, 1.82) is 0 Å². The van der Waals surface area contributed by atoms with Crippen LogP contribution in [0.25, 0.3) is 10.8 Å². The van der Waals surface area contributed by atoms with Gasteiger partial charge in [-0.25, -0.2) is 0 Å². The molecule has 0 saturated heterocycles. The number of benzene rings is 3. The SMILES string of the molecule is O=C(CCCN1C(=O)c2cccc3cccc(c23)C1=O)NCCCOCc1ccccc1. The molecule has 0 bridgehead atoms. The number of carbonyl (C=O) groups is 3. The first-order valence-corrected chi connectivity index (χ1v) is 10.9. The Balaban J connectivity index is 1.19. The van der Waals surface area contributed by atoms with E-state index >= 15 is 0 Å². The smallest absolute Gasteiger partial charge is 0.261 e. The van der Waals surface area contributed by atoms with Crippen LogP contribution in [0.5, 0.6) is 0 Å². The van der Waals surface area contributed by atoms with Crippen LogP contribution >= 0.6 is 0 Å². The lowest BCUT2D eigenvalue weighted by atomic mass is 9.94. The second-order valence-corrected chi connectivity index (χ2v) is 7.82. The molecule has 164 valence electrons. The van der Waals surface area contributed by atoms with E-state index in [0.717, 1.165) is 17.4 Å². The van der Waals surface area contributed by atoms with Crippen LogP contribution in [0.3, 0.4) is 0 Å². The molecule has 0 fully saturated rings. The number of rotatable bonds is 10. The summed E-state index contributed by atoms with van der Waals surface area (Å²) in [4.78, 5) is 39.1. The minimum Gasteiger partial charge on any atom is -0.377 e. The number of hydrogen-bond acceptors (Lipinski definition) is 4. The van der Waals surface area contributed by atoms with Crippen LogP contribution in [0.1, 0.15) is 45.5 Å². The summed E-state index contributed by atoms with van der Waals surface area (Å²) >= 11 is 0. The quantitative estimate of drug-likeness (QED) is 0.391. The van der Waals surface area contributed by atoms with Crippen LogP contribution in [0.4, 0.5) is 0 Å². The zero-order valence-corrected chi connectivity index (χ0v) is 17.9. The molecule has 0 radical (unpaired) electrons. The van der Waals surface area contributed by atoms with Gasteiger partial charge in [0.15, 0.2) is 0 Å². The molecule has 3 aromatic rings. The minimum absolute atomic E-state index is 0.0903. The van der Waals surface area contributed by atoms with Crippen LogP contribution in [0, 0.1) is 0 Å². The van der Waals surface area contributed by atoms with Crippen molar-refractivity contribution in [1.82, 2.24) is 10.2 Å². The molecule has 1 aliphatic heterocycles. The maximum Gasteiger partial charge on any atom is 0.261 e. The Hall–Kier alpha value is -3.51. The van der Waals surface area contributed by atoms with Crippen molar-refractivity contribution >= 4 is 28.5 Å². The van der Waals surface area contributed by atoms with E-state index in [-0.39, 0.29) is 30.7 Å². The summed E-state index contributed by atoms with van der Waals surface area (Å²) in [6, 6.07) is 20.9. The molecule has 0 atom stereocenters. The van der Waals surface area contributed by atoms with E-state index in [4.69, 9.17) is 4.74 Å². The molecule has 0 saturated carbocycles. The van der Waals surface area contributed by atoms with Gasteiger partial charge in [-0.15, -0.1) is 0 Å². The molecule has 0 unspecified atom stereocenters. The van der Waals surface area contributed by atoms with Gasteiger partial charge < -0.3 is 10.1 Å². The van der Waals surface area contributed by atoms with Gasteiger partial charge in [-0.3, -0.25) is 19.3 Å². The van der Waals surface area contributed by atoms with Gasteiger partial charge in [-0.05, 0) is 35.9 Å². The molecule has 3 amide bonds. The molecule has 6 nitrogen and oxygen atoms in total. The van der Waals surface area contributed by atoms with Crippen molar-refractivity contribution in [3.63, 3.8) is 0 Å². The zero-order valence-electron chi connectivity index (χ0n) is 17.9. The van der Waals surface area contributed by atoms with E-state index in [1.807, 2.05) is 54.6 Å². The monoisotopic (exact) mass is 430 g/mol. The van der Waals surface area contributed by atoms with Gasteiger partial charge in [-0.1, -0.05) is 54.6 Å². The van der Waals surface area contributed by atoms with Crippen molar-refractivity contribution in [2.45, 2.75) is 25.9 Å². The fraction of sp³-hybridized carbons (Fsp3) is 0.269. The molecule has 0 spiro atoms. The molecule has 32 heavy (non-hydrogen) atoms. The normalized spacial score (nSPS) is 12.9. The van der Waals surface area contributed by atoms with Crippen molar-refractivity contribution in [2.75, 3.05) is 19.7 Å². The van der Waals surface area contributed by atoms with Crippen molar-refractivity contribution in [2.24, 2.45) is 0 Å². The lowest BCUT2D eigenvalue weighted by molar-refractivity contribution is -0.121. The van der Waals surface area contributed by atoms with Crippen LogP contribution in [-0.4, -0.2) is 42.3 Å². The average Bonchev–Trinajstić information content (AvgIpc) is 2.82. The summed E-state index contributed by atoms with van der Waals surface area (Å²) in [6.07, 6.45) is 1.40. The van der Waals surface area contributed by atoms with Gasteiger partial charge in [0.05, 0.1) is 6.61 Å². The molecular weight excluding hydrogens is 404 g/mol. The van der Waals surface area contributed by atoms with Gasteiger partial charge in [0, 0.05) is 42.6 Å². The number of ether oxygens (including phenoxy) is 1. The van der Waals surface area contributed by atoms with E-state index in [9.17, 15) is 14.4 Å². The number of hydrogen-bond donors (Lipinski definition) is 1. The number of carbonyl (C=O) groups excluding carboxylic acids is 3.